The van der Waals surface area contributed by atoms with Crippen LogP contribution in [-0.4, -0.2) is 36.4 Å². The summed E-state index contributed by atoms with van der Waals surface area (Å²) >= 11 is 0. The van der Waals surface area contributed by atoms with E-state index in [9.17, 15) is 9.59 Å². The number of rotatable bonds is 8. The molecule has 0 radical (unpaired) electrons. The SMILES string of the molecule is CC.CCCC(N)C(=O)C(=O)NCCc1c[nH]c2ccc(OC)cc12. The van der Waals surface area contributed by atoms with Crippen LogP contribution in [0.4, 0.5) is 0 Å². The highest BCUT2D eigenvalue weighted by Crippen LogP contribution is 2.23. The van der Waals surface area contributed by atoms with Gasteiger partial charge in [0.05, 0.1) is 13.2 Å². The van der Waals surface area contributed by atoms with E-state index in [-0.39, 0.29) is 0 Å². The number of carbonyl (C=O) groups is 2. The van der Waals surface area contributed by atoms with E-state index in [1.54, 1.807) is 7.11 Å². The molecule has 6 nitrogen and oxygen atoms in total. The lowest BCUT2D eigenvalue weighted by Gasteiger charge is -2.09. The van der Waals surface area contributed by atoms with Crippen molar-refractivity contribution in [2.45, 2.75) is 46.1 Å². The van der Waals surface area contributed by atoms with E-state index in [4.69, 9.17) is 10.5 Å². The molecule has 138 valence electrons. The molecule has 0 aliphatic rings. The number of ketones is 1. The number of aromatic amines is 1. The molecular weight excluding hydrogens is 318 g/mol. The number of methoxy groups -OCH3 is 1. The number of hydrogen-bond acceptors (Lipinski definition) is 4. The van der Waals surface area contributed by atoms with Crippen molar-refractivity contribution in [2.75, 3.05) is 13.7 Å². The Bertz CT molecular complexity index is 694. The molecule has 4 N–H and O–H groups in total. The monoisotopic (exact) mass is 347 g/mol. The van der Waals surface area contributed by atoms with Gasteiger partial charge >= 0.3 is 0 Å². The Hall–Kier alpha value is -2.34. The van der Waals surface area contributed by atoms with E-state index in [1.165, 1.54) is 0 Å². The van der Waals surface area contributed by atoms with E-state index in [1.807, 2.05) is 45.2 Å². The molecule has 0 aliphatic heterocycles. The second-order valence-electron chi connectivity index (χ2n) is 5.49. The van der Waals surface area contributed by atoms with Gasteiger partial charge in [0.2, 0.25) is 5.78 Å². The zero-order chi connectivity index (χ0) is 18.8. The minimum Gasteiger partial charge on any atom is -0.497 e. The molecule has 1 aromatic heterocycles. The molecule has 25 heavy (non-hydrogen) atoms. The van der Waals surface area contributed by atoms with Crippen molar-refractivity contribution in [3.05, 3.63) is 30.0 Å². The molecule has 2 rings (SSSR count). The molecule has 0 fully saturated rings. The highest BCUT2D eigenvalue weighted by molar-refractivity contribution is 6.38. The van der Waals surface area contributed by atoms with E-state index < -0.39 is 17.7 Å². The molecule has 1 amide bonds. The highest BCUT2D eigenvalue weighted by atomic mass is 16.5. The molecule has 6 heteroatoms. The number of Topliss-reactive ketones (excluding diaryl/α,β-unsaturated/α-hetero) is 1. The Morgan fingerprint density at radius 3 is 2.68 bits per heavy atom. The summed E-state index contributed by atoms with van der Waals surface area (Å²) in [6, 6.07) is 5.07. The van der Waals surface area contributed by atoms with Crippen LogP contribution in [0.25, 0.3) is 10.9 Å². The summed E-state index contributed by atoms with van der Waals surface area (Å²) in [6.07, 6.45) is 3.82. The quantitative estimate of drug-likeness (QED) is 0.639. The van der Waals surface area contributed by atoms with E-state index in [0.717, 1.165) is 28.6 Å². The first kappa shape index (κ1) is 20.7. The second-order valence-corrected chi connectivity index (χ2v) is 5.49. The number of carbonyl (C=O) groups excluding carboxylic acids is 2. The maximum Gasteiger partial charge on any atom is 0.289 e. The number of aromatic nitrogens is 1. The maximum atomic E-state index is 11.8. The number of H-pyrrole nitrogens is 1. The standard InChI is InChI=1S/C17H23N3O3.C2H6/c1-3-4-14(18)16(21)17(22)19-8-7-11-10-20-15-6-5-12(23-2)9-13(11)15;1-2/h5-6,9-10,14,20H,3-4,7-8,18H2,1-2H3,(H,19,22);1-2H3. The molecular formula is C19H29N3O3. The zero-order valence-corrected chi connectivity index (χ0v) is 15.5. The molecule has 0 saturated heterocycles. The minimum atomic E-state index is -0.711. The fourth-order valence-corrected chi connectivity index (χ4v) is 2.50. The van der Waals surface area contributed by atoms with Crippen molar-refractivity contribution in [1.29, 1.82) is 0 Å². The molecule has 0 aliphatic carbocycles. The Balaban J connectivity index is 0.00000151. The number of nitrogens with two attached hydrogens (primary N) is 1. The van der Waals surface area contributed by atoms with Gasteiger partial charge in [-0.05, 0) is 36.6 Å². The largest absolute Gasteiger partial charge is 0.497 e. The molecule has 0 bridgehead atoms. The van der Waals surface area contributed by atoms with Gasteiger partial charge in [0.1, 0.15) is 5.75 Å². The molecule has 1 atom stereocenters. The minimum absolute atomic E-state index is 0.383. The summed E-state index contributed by atoms with van der Waals surface area (Å²) in [4.78, 5) is 26.7. The van der Waals surface area contributed by atoms with Crippen molar-refractivity contribution >= 4 is 22.6 Å². The van der Waals surface area contributed by atoms with E-state index in [2.05, 4.69) is 10.3 Å². The van der Waals surface area contributed by atoms with E-state index in [0.29, 0.717) is 19.4 Å². The van der Waals surface area contributed by atoms with Crippen LogP contribution in [-0.2, 0) is 16.0 Å². The van der Waals surface area contributed by atoms with Crippen LogP contribution in [0.5, 0.6) is 5.75 Å². The number of fused-ring (bicyclic) bond motifs is 1. The first-order valence-corrected chi connectivity index (χ1v) is 8.78. The van der Waals surface area contributed by atoms with Gasteiger partial charge in [-0.15, -0.1) is 0 Å². The molecule has 1 aromatic carbocycles. The zero-order valence-electron chi connectivity index (χ0n) is 15.5. The number of ether oxygens (including phenoxy) is 1. The Morgan fingerprint density at radius 1 is 1.32 bits per heavy atom. The van der Waals surface area contributed by atoms with Gasteiger partial charge in [-0.3, -0.25) is 9.59 Å². The van der Waals surface area contributed by atoms with Crippen LogP contribution >= 0.6 is 0 Å². The highest BCUT2D eigenvalue weighted by Gasteiger charge is 2.20. The molecule has 2 aromatic rings. The summed E-state index contributed by atoms with van der Waals surface area (Å²) in [7, 11) is 1.62. The number of nitrogens with one attached hydrogen (secondary N) is 2. The van der Waals surface area contributed by atoms with Crippen LogP contribution < -0.4 is 15.8 Å². The van der Waals surface area contributed by atoms with Crippen LogP contribution in [0, 0.1) is 0 Å². The first-order valence-electron chi connectivity index (χ1n) is 8.78. The van der Waals surface area contributed by atoms with Crippen molar-refractivity contribution in [2.24, 2.45) is 5.73 Å². The average Bonchev–Trinajstić information content (AvgIpc) is 3.05. The van der Waals surface area contributed by atoms with Gasteiger partial charge in [0.15, 0.2) is 0 Å². The lowest BCUT2D eigenvalue weighted by molar-refractivity contribution is -0.138. The fourth-order valence-electron chi connectivity index (χ4n) is 2.50. The van der Waals surface area contributed by atoms with Crippen molar-refractivity contribution < 1.29 is 14.3 Å². The summed E-state index contributed by atoms with van der Waals surface area (Å²) in [5.41, 5.74) is 7.74. The van der Waals surface area contributed by atoms with Crippen LogP contribution in [0.2, 0.25) is 0 Å². The lowest BCUT2D eigenvalue weighted by Crippen LogP contribution is -2.42. The number of benzene rings is 1. The second kappa shape index (κ2) is 10.5. The molecule has 0 saturated carbocycles. The van der Waals surface area contributed by atoms with E-state index >= 15 is 0 Å². The topological polar surface area (TPSA) is 97.2 Å². The van der Waals surface area contributed by atoms with Crippen molar-refractivity contribution in [3.63, 3.8) is 0 Å². The smallest absolute Gasteiger partial charge is 0.289 e. The lowest BCUT2D eigenvalue weighted by atomic mass is 10.1. The predicted molar refractivity (Wildman–Crippen MR) is 101 cm³/mol. The summed E-state index contributed by atoms with van der Waals surface area (Å²) in [5.74, 6) is -0.376. The van der Waals surface area contributed by atoms with Gasteiger partial charge < -0.3 is 20.8 Å². The average molecular weight is 347 g/mol. The van der Waals surface area contributed by atoms with Gasteiger partial charge in [-0.25, -0.2) is 0 Å². The molecule has 1 unspecified atom stereocenters. The first-order chi connectivity index (χ1) is 12.1. The molecule has 1 heterocycles. The van der Waals surface area contributed by atoms with Gasteiger partial charge in [0.25, 0.3) is 5.91 Å². The number of amides is 1. The van der Waals surface area contributed by atoms with Crippen molar-refractivity contribution in [1.82, 2.24) is 10.3 Å². The third-order valence-corrected chi connectivity index (χ3v) is 3.81. The fraction of sp³-hybridized carbons (Fsp3) is 0.474. The third kappa shape index (κ3) is 5.60. The van der Waals surface area contributed by atoms with Gasteiger partial charge in [-0.1, -0.05) is 27.2 Å². The maximum absolute atomic E-state index is 11.8. The summed E-state index contributed by atoms with van der Waals surface area (Å²) < 4.78 is 5.23. The Morgan fingerprint density at radius 2 is 2.04 bits per heavy atom. The Kier molecular flexibility index (Phi) is 8.70. The predicted octanol–water partition coefficient (Wildman–Crippen LogP) is 2.56. The van der Waals surface area contributed by atoms with Gasteiger partial charge in [0, 0.05) is 23.6 Å². The summed E-state index contributed by atoms with van der Waals surface area (Å²) in [5, 5.41) is 3.69. The third-order valence-electron chi connectivity index (χ3n) is 3.81. The van der Waals surface area contributed by atoms with Crippen molar-refractivity contribution in [3.8, 4) is 5.75 Å². The Labute approximate surface area is 149 Å². The number of hydrogen-bond donors (Lipinski definition) is 3. The van der Waals surface area contributed by atoms with Crippen LogP contribution in [0.1, 0.15) is 39.2 Å². The van der Waals surface area contributed by atoms with Crippen LogP contribution in [0.15, 0.2) is 24.4 Å². The molecule has 0 spiro atoms. The normalized spacial score (nSPS) is 11.4. The van der Waals surface area contributed by atoms with Crippen LogP contribution in [0.3, 0.4) is 0 Å². The van der Waals surface area contributed by atoms with Gasteiger partial charge in [-0.2, -0.15) is 0 Å². The summed E-state index contributed by atoms with van der Waals surface area (Å²) in [6.45, 7) is 6.31.